The number of quaternary nitrogens is 1. The molecule has 3 heterocycles. The van der Waals surface area contributed by atoms with Crippen LogP contribution in [0.3, 0.4) is 0 Å². The number of nitrogens with one attached hydrogen (secondary N) is 1. The third-order valence-electron chi connectivity index (χ3n) is 6.81. The van der Waals surface area contributed by atoms with Crippen molar-refractivity contribution in [2.45, 2.75) is 58.0 Å². The summed E-state index contributed by atoms with van der Waals surface area (Å²) in [6.45, 7) is 7.06. The average Bonchev–Trinajstić information content (AvgIpc) is 2.98. The van der Waals surface area contributed by atoms with Crippen LogP contribution in [0.25, 0.3) is 10.9 Å². The van der Waals surface area contributed by atoms with E-state index in [-0.39, 0.29) is 0 Å². The molecule has 26 heavy (non-hydrogen) atoms. The van der Waals surface area contributed by atoms with E-state index in [1.807, 2.05) is 0 Å². The lowest BCUT2D eigenvalue weighted by molar-refractivity contribution is -0.897. The van der Waals surface area contributed by atoms with E-state index in [1.54, 1.807) is 0 Å². The first kappa shape index (κ1) is 16.4. The topological polar surface area (TPSA) is 29.7 Å². The molecule has 3 aliphatic rings. The first-order valence-corrected chi connectivity index (χ1v) is 10.5. The highest BCUT2D eigenvalue weighted by molar-refractivity contribution is 5.87. The van der Waals surface area contributed by atoms with Crippen LogP contribution >= 0.6 is 0 Å². The zero-order valence-corrected chi connectivity index (χ0v) is 15.9. The number of hydrogen-bond donors (Lipinski definition) is 1. The average molecular weight is 353 g/mol. The molecule has 0 radical (unpaired) electrons. The van der Waals surface area contributed by atoms with Gasteiger partial charge in [0.2, 0.25) is 0 Å². The van der Waals surface area contributed by atoms with Gasteiger partial charge in [-0.1, -0.05) is 11.6 Å². The molecule has 0 saturated carbocycles. The quantitative estimate of drug-likeness (QED) is 0.883. The molecular weight excluding hydrogens is 322 g/mol. The Kier molecular flexibility index (Phi) is 4.04. The van der Waals surface area contributed by atoms with E-state index in [0.29, 0.717) is 18.5 Å². The lowest BCUT2D eigenvalue weighted by atomic mass is 9.89. The number of amides is 1. The maximum absolute atomic E-state index is 13.1. The van der Waals surface area contributed by atoms with Gasteiger partial charge in [0, 0.05) is 29.7 Å². The molecule has 0 bridgehead atoms. The second-order valence-corrected chi connectivity index (χ2v) is 8.52. The first-order valence-electron chi connectivity index (χ1n) is 10.5. The van der Waals surface area contributed by atoms with Crippen molar-refractivity contribution in [2.24, 2.45) is 0 Å². The van der Waals surface area contributed by atoms with Crippen LogP contribution in [0.15, 0.2) is 18.2 Å². The number of carbonyl (C=O) groups excluding carboxylic acids is 1. The van der Waals surface area contributed by atoms with Crippen molar-refractivity contribution in [3.05, 3.63) is 35.0 Å². The van der Waals surface area contributed by atoms with Crippen molar-refractivity contribution in [3.63, 3.8) is 0 Å². The number of carbonyl (C=O) groups is 1. The summed E-state index contributed by atoms with van der Waals surface area (Å²) >= 11 is 0. The van der Waals surface area contributed by atoms with Crippen LogP contribution in [0, 0.1) is 6.92 Å². The number of hydrogen-bond acceptors (Lipinski definition) is 1. The molecule has 138 valence electrons. The highest BCUT2D eigenvalue weighted by atomic mass is 16.2. The van der Waals surface area contributed by atoms with Gasteiger partial charge in [-0.05, 0) is 63.1 Å². The Morgan fingerprint density at radius 3 is 2.85 bits per heavy atom. The molecule has 2 aromatic rings. The molecular formula is C22H30N3O+. The molecule has 1 amide bonds. The van der Waals surface area contributed by atoms with Crippen LogP contribution < -0.4 is 4.90 Å². The van der Waals surface area contributed by atoms with Crippen LogP contribution in [-0.4, -0.2) is 41.6 Å². The summed E-state index contributed by atoms with van der Waals surface area (Å²) < 4.78 is 2.52. The zero-order chi connectivity index (χ0) is 17.7. The molecule has 0 spiro atoms. The molecule has 1 aromatic carbocycles. The van der Waals surface area contributed by atoms with Crippen molar-refractivity contribution in [2.75, 3.05) is 26.2 Å². The Morgan fingerprint density at radius 2 is 2.00 bits per heavy atom. The van der Waals surface area contributed by atoms with Gasteiger partial charge in [0.05, 0.1) is 19.1 Å². The van der Waals surface area contributed by atoms with Crippen molar-refractivity contribution in [1.82, 2.24) is 9.47 Å². The van der Waals surface area contributed by atoms with E-state index in [4.69, 9.17) is 0 Å². The molecule has 1 atom stereocenters. The summed E-state index contributed by atoms with van der Waals surface area (Å²) in [7, 11) is 0. The lowest BCUT2D eigenvalue weighted by Crippen LogP contribution is -3.13. The SMILES string of the molecule is Cc1ccc2c(c1)c1c3n2CCN(C(=O)C[NH+]2CCCCC2)[C@@H]3CCC1. The third-order valence-corrected chi connectivity index (χ3v) is 6.81. The standard InChI is InChI=1S/C22H29N3O/c1-16-8-9-19-18(14-16)17-6-5-7-20-22(17)25(19)13-12-24(20)21(26)15-23-10-3-2-4-11-23/h8-9,14,20H,2-7,10-13,15H2,1H3/p+1/t20-/m1/s1. The minimum atomic E-state index is 0.303. The van der Waals surface area contributed by atoms with E-state index in [2.05, 4.69) is 34.6 Å². The molecule has 4 heteroatoms. The maximum Gasteiger partial charge on any atom is 0.278 e. The number of rotatable bonds is 2. The Balaban J connectivity index is 1.48. The second kappa shape index (κ2) is 6.41. The minimum absolute atomic E-state index is 0.303. The van der Waals surface area contributed by atoms with Gasteiger partial charge >= 0.3 is 0 Å². The van der Waals surface area contributed by atoms with Crippen molar-refractivity contribution in [3.8, 4) is 0 Å². The third kappa shape index (κ3) is 2.58. The molecule has 1 aromatic heterocycles. The molecule has 1 fully saturated rings. The van der Waals surface area contributed by atoms with Crippen molar-refractivity contribution >= 4 is 16.8 Å². The van der Waals surface area contributed by atoms with Gasteiger partial charge in [-0.25, -0.2) is 0 Å². The number of benzene rings is 1. The fraction of sp³-hybridized carbons (Fsp3) is 0.591. The Labute approximate surface area is 155 Å². The van der Waals surface area contributed by atoms with Crippen molar-refractivity contribution < 1.29 is 9.69 Å². The molecule has 5 rings (SSSR count). The van der Waals surface area contributed by atoms with Crippen molar-refractivity contribution in [1.29, 1.82) is 0 Å². The Hall–Kier alpha value is -1.81. The van der Waals surface area contributed by atoms with Crippen LogP contribution in [0.2, 0.25) is 0 Å². The Morgan fingerprint density at radius 1 is 1.15 bits per heavy atom. The van der Waals surface area contributed by atoms with Gasteiger partial charge in [-0.3, -0.25) is 4.79 Å². The number of piperidine rings is 1. The van der Waals surface area contributed by atoms with E-state index in [0.717, 1.165) is 25.9 Å². The van der Waals surface area contributed by atoms with E-state index in [9.17, 15) is 4.79 Å². The van der Waals surface area contributed by atoms with Gasteiger partial charge in [-0.2, -0.15) is 0 Å². The maximum atomic E-state index is 13.1. The highest BCUT2D eigenvalue weighted by Gasteiger charge is 2.37. The Bertz CT molecular complexity index is 847. The number of aryl methyl sites for hydroxylation is 2. The van der Waals surface area contributed by atoms with Gasteiger partial charge in [0.15, 0.2) is 6.54 Å². The number of fused-ring (bicyclic) bond motifs is 3. The molecule has 2 aliphatic heterocycles. The molecule has 0 unspecified atom stereocenters. The lowest BCUT2D eigenvalue weighted by Gasteiger charge is -2.40. The summed E-state index contributed by atoms with van der Waals surface area (Å²) in [5, 5.41) is 1.43. The molecule has 1 aliphatic carbocycles. The summed E-state index contributed by atoms with van der Waals surface area (Å²) in [4.78, 5) is 16.9. The second-order valence-electron chi connectivity index (χ2n) is 8.52. The summed E-state index contributed by atoms with van der Waals surface area (Å²) in [5.41, 5.74) is 5.68. The number of nitrogens with zero attached hydrogens (tertiary/aromatic N) is 2. The van der Waals surface area contributed by atoms with E-state index in [1.165, 1.54) is 71.4 Å². The largest absolute Gasteiger partial charge is 0.341 e. The smallest absolute Gasteiger partial charge is 0.278 e. The van der Waals surface area contributed by atoms with Crippen LogP contribution in [0.4, 0.5) is 0 Å². The van der Waals surface area contributed by atoms with Gasteiger partial charge in [0.25, 0.3) is 5.91 Å². The molecule has 1 saturated heterocycles. The molecule has 4 nitrogen and oxygen atoms in total. The van der Waals surface area contributed by atoms with Crippen LogP contribution in [0.5, 0.6) is 0 Å². The first-order chi connectivity index (χ1) is 12.7. The monoisotopic (exact) mass is 352 g/mol. The highest BCUT2D eigenvalue weighted by Crippen LogP contribution is 2.42. The van der Waals surface area contributed by atoms with E-state index < -0.39 is 0 Å². The summed E-state index contributed by atoms with van der Waals surface area (Å²) in [6, 6.07) is 7.17. The minimum Gasteiger partial charge on any atom is -0.341 e. The van der Waals surface area contributed by atoms with Gasteiger partial charge in [-0.15, -0.1) is 0 Å². The summed E-state index contributed by atoms with van der Waals surface area (Å²) in [6.07, 6.45) is 7.40. The zero-order valence-electron chi connectivity index (χ0n) is 15.9. The normalized spacial score (nSPS) is 23.3. The van der Waals surface area contributed by atoms with Gasteiger partial charge < -0.3 is 14.4 Å². The predicted molar refractivity (Wildman–Crippen MR) is 103 cm³/mol. The fourth-order valence-corrected chi connectivity index (χ4v) is 5.56. The molecule has 1 N–H and O–H groups in total. The number of likely N-dealkylation sites (tertiary alicyclic amines) is 1. The fourth-order valence-electron chi connectivity index (χ4n) is 5.56. The summed E-state index contributed by atoms with van der Waals surface area (Å²) in [5.74, 6) is 0.382. The predicted octanol–water partition coefficient (Wildman–Crippen LogP) is 2.24. The van der Waals surface area contributed by atoms with Crippen LogP contribution in [-0.2, 0) is 17.8 Å². The number of aromatic nitrogens is 1. The van der Waals surface area contributed by atoms with E-state index >= 15 is 0 Å². The van der Waals surface area contributed by atoms with Crippen LogP contribution in [0.1, 0.15) is 55.0 Å². The van der Waals surface area contributed by atoms with Gasteiger partial charge in [0.1, 0.15) is 0 Å².